The van der Waals surface area contributed by atoms with Crippen molar-refractivity contribution in [2.75, 3.05) is 6.61 Å². The van der Waals surface area contributed by atoms with Crippen LogP contribution >= 0.6 is 0 Å². The normalized spacial score (nSPS) is 10.7. The molecule has 0 atom stereocenters. The highest BCUT2D eigenvalue weighted by atomic mass is 127. The van der Waals surface area contributed by atoms with Crippen LogP contribution in [-0.4, -0.2) is 12.5 Å². The minimum absolute atomic E-state index is 0. The molecule has 0 saturated carbocycles. The van der Waals surface area contributed by atoms with E-state index in [0.717, 1.165) is 36.4 Å². The molecule has 208 valence electrons. The van der Waals surface area contributed by atoms with E-state index in [-0.39, 0.29) is 29.9 Å². The molecule has 1 amide bonds. The van der Waals surface area contributed by atoms with Crippen LogP contribution in [0, 0.1) is 6.92 Å². The number of nitrogens with zero attached hydrogens (tertiary/aromatic N) is 1. The van der Waals surface area contributed by atoms with Gasteiger partial charge < -0.3 is 34.0 Å². The zero-order valence-electron chi connectivity index (χ0n) is 23.7. The second-order valence-electron chi connectivity index (χ2n) is 10.1. The first-order valence-electron chi connectivity index (χ1n) is 14.6. The molecule has 0 aliphatic heterocycles. The molecule has 0 spiro atoms. The average molecular weight is 623 g/mol. The molecule has 5 heteroatoms. The molecule has 0 aliphatic carbocycles. The number of pyridine rings is 1. The monoisotopic (exact) mass is 622 g/mol. The van der Waals surface area contributed by atoms with E-state index in [0.29, 0.717) is 12.2 Å². The van der Waals surface area contributed by atoms with Gasteiger partial charge in [0.25, 0.3) is 5.69 Å². The zero-order chi connectivity index (χ0) is 25.8. The zero-order valence-corrected chi connectivity index (χ0v) is 25.9. The van der Waals surface area contributed by atoms with Crippen LogP contribution in [0.25, 0.3) is 0 Å². The first kappa shape index (κ1) is 33.4. The van der Waals surface area contributed by atoms with E-state index in [1.54, 1.807) is 0 Å². The molecule has 0 saturated heterocycles. The maximum absolute atomic E-state index is 12.6. The number of ether oxygens (including phenoxy) is 1. The Hall–Kier alpha value is -1.63. The van der Waals surface area contributed by atoms with Crippen LogP contribution < -0.4 is 38.6 Å². The van der Waals surface area contributed by atoms with Crippen LogP contribution in [0.15, 0.2) is 42.6 Å². The number of rotatable bonds is 20. The van der Waals surface area contributed by atoms with Crippen molar-refractivity contribution >= 4 is 5.91 Å². The van der Waals surface area contributed by atoms with Crippen LogP contribution in [0.4, 0.5) is 0 Å². The predicted octanol–water partition coefficient (Wildman–Crippen LogP) is 5.10. The summed E-state index contributed by atoms with van der Waals surface area (Å²) in [6, 6.07) is 11.9. The van der Waals surface area contributed by atoms with Crippen molar-refractivity contribution in [3.8, 4) is 5.75 Å². The molecule has 0 unspecified atom stereocenters. The molecule has 0 fully saturated rings. The van der Waals surface area contributed by atoms with Gasteiger partial charge in [0, 0.05) is 18.7 Å². The van der Waals surface area contributed by atoms with Gasteiger partial charge in [-0.1, -0.05) is 96.5 Å². The Morgan fingerprint density at radius 3 is 1.97 bits per heavy atom. The number of nitrogens with one attached hydrogen (secondary N) is 1. The van der Waals surface area contributed by atoms with Crippen LogP contribution in [0.1, 0.15) is 125 Å². The highest BCUT2D eigenvalue weighted by molar-refractivity contribution is 5.90. The number of unbranched alkanes of at least 4 members (excludes halogenated alkanes) is 13. The fourth-order valence-electron chi connectivity index (χ4n) is 4.67. The largest absolute Gasteiger partial charge is 1.00 e. The first-order chi connectivity index (χ1) is 17.7. The summed E-state index contributed by atoms with van der Waals surface area (Å²) >= 11 is 0. The number of carbonyl (C=O) groups excluding carboxylic acids is 1. The van der Waals surface area contributed by atoms with Crippen molar-refractivity contribution < 1.29 is 38.1 Å². The van der Waals surface area contributed by atoms with Crippen molar-refractivity contribution in [3.63, 3.8) is 0 Å². The number of aromatic nitrogens is 1. The third kappa shape index (κ3) is 14.2. The average Bonchev–Trinajstić information content (AvgIpc) is 2.90. The summed E-state index contributed by atoms with van der Waals surface area (Å²) in [5.74, 6) is 0.874. The first-order valence-corrected chi connectivity index (χ1v) is 14.6. The predicted molar refractivity (Wildman–Crippen MR) is 150 cm³/mol. The molecule has 1 N–H and O–H groups in total. The summed E-state index contributed by atoms with van der Waals surface area (Å²) in [5.41, 5.74) is 2.95. The standard InChI is InChI=1S/C32H50N2O2.HI/c1-4-6-7-8-9-10-11-12-13-14-15-16-17-20-25-36-30-23-22-29(28(3)26-30)27-33-32(35)31-21-18-19-24-34(31)5-2;/h18-19,21-24,26H,4-17,20,25,27H2,1-3H3;1H. The third-order valence-corrected chi connectivity index (χ3v) is 7.03. The molecule has 0 aliphatic rings. The summed E-state index contributed by atoms with van der Waals surface area (Å²) in [6.45, 7) is 8.47. The van der Waals surface area contributed by atoms with Crippen LogP contribution in [0.5, 0.6) is 5.75 Å². The van der Waals surface area contributed by atoms with Gasteiger partial charge in [0.05, 0.1) is 6.61 Å². The molecule has 37 heavy (non-hydrogen) atoms. The molecule has 0 radical (unpaired) electrons. The van der Waals surface area contributed by atoms with Gasteiger partial charge in [-0.3, -0.25) is 4.79 Å². The van der Waals surface area contributed by atoms with Crippen LogP contribution in [0.3, 0.4) is 0 Å². The van der Waals surface area contributed by atoms with Crippen LogP contribution in [-0.2, 0) is 13.1 Å². The van der Waals surface area contributed by atoms with Crippen molar-refractivity contribution in [3.05, 3.63) is 59.4 Å². The summed E-state index contributed by atoms with van der Waals surface area (Å²) in [5, 5.41) is 3.05. The van der Waals surface area contributed by atoms with Crippen molar-refractivity contribution in [2.24, 2.45) is 0 Å². The number of hydrogen-bond donors (Lipinski definition) is 1. The molecular weight excluding hydrogens is 571 g/mol. The van der Waals surface area contributed by atoms with E-state index in [9.17, 15) is 4.79 Å². The summed E-state index contributed by atoms with van der Waals surface area (Å²) < 4.78 is 7.94. The topological polar surface area (TPSA) is 42.2 Å². The van der Waals surface area contributed by atoms with E-state index in [2.05, 4.69) is 31.3 Å². The second kappa shape index (κ2) is 21.3. The van der Waals surface area contributed by atoms with Gasteiger partial charge in [-0.25, -0.2) is 0 Å². The summed E-state index contributed by atoms with van der Waals surface area (Å²) in [7, 11) is 0. The lowest BCUT2D eigenvalue weighted by Gasteiger charge is -2.11. The van der Waals surface area contributed by atoms with E-state index >= 15 is 0 Å². The van der Waals surface area contributed by atoms with Gasteiger partial charge >= 0.3 is 5.91 Å². The lowest BCUT2D eigenvalue weighted by molar-refractivity contribution is -0.695. The summed E-state index contributed by atoms with van der Waals surface area (Å²) in [6.07, 6.45) is 21.1. The van der Waals surface area contributed by atoms with Gasteiger partial charge in [-0.2, -0.15) is 4.57 Å². The maximum Gasteiger partial charge on any atom is 0.316 e. The summed E-state index contributed by atoms with van der Waals surface area (Å²) in [4.78, 5) is 12.6. The molecule has 2 rings (SSSR count). The smallest absolute Gasteiger partial charge is 0.316 e. The molecular formula is C32H51IN2O2. The molecule has 2 aromatic rings. The Balaban J connectivity index is 0.00000684. The fourth-order valence-corrected chi connectivity index (χ4v) is 4.67. The lowest BCUT2D eigenvalue weighted by Crippen LogP contribution is -3.00. The van der Waals surface area contributed by atoms with E-state index in [4.69, 9.17) is 4.74 Å². The Morgan fingerprint density at radius 1 is 0.811 bits per heavy atom. The number of carbonyl (C=O) groups is 1. The third-order valence-electron chi connectivity index (χ3n) is 7.03. The van der Waals surface area contributed by atoms with Gasteiger partial charge in [0.2, 0.25) is 0 Å². The van der Waals surface area contributed by atoms with E-state index < -0.39 is 0 Å². The molecule has 0 bridgehead atoms. The number of amides is 1. The van der Waals surface area contributed by atoms with Gasteiger partial charge in [0.1, 0.15) is 12.3 Å². The number of halogens is 1. The molecule has 1 aromatic carbocycles. The maximum atomic E-state index is 12.6. The van der Waals surface area contributed by atoms with Crippen molar-refractivity contribution in [1.82, 2.24) is 5.32 Å². The Kier molecular flexibility index (Phi) is 19.2. The van der Waals surface area contributed by atoms with E-state index in [1.807, 2.05) is 42.0 Å². The Bertz CT molecular complexity index is 872. The van der Waals surface area contributed by atoms with Gasteiger partial charge in [-0.15, -0.1) is 0 Å². The number of benzene rings is 1. The second-order valence-corrected chi connectivity index (χ2v) is 10.1. The highest BCUT2D eigenvalue weighted by Gasteiger charge is 2.17. The number of aryl methyl sites for hydroxylation is 2. The van der Waals surface area contributed by atoms with E-state index in [1.165, 1.54) is 83.5 Å². The van der Waals surface area contributed by atoms with Gasteiger partial charge in [0.15, 0.2) is 6.20 Å². The molecule has 4 nitrogen and oxygen atoms in total. The Labute approximate surface area is 244 Å². The van der Waals surface area contributed by atoms with Crippen LogP contribution in [0.2, 0.25) is 0 Å². The quantitative estimate of drug-likeness (QED) is 0.127. The van der Waals surface area contributed by atoms with Crippen molar-refractivity contribution in [1.29, 1.82) is 0 Å². The molecule has 1 aromatic heterocycles. The Morgan fingerprint density at radius 2 is 1.41 bits per heavy atom. The van der Waals surface area contributed by atoms with Gasteiger partial charge in [-0.05, 0) is 49.6 Å². The fraction of sp³-hybridized carbons (Fsp3) is 0.625. The molecule has 1 heterocycles. The highest BCUT2D eigenvalue weighted by Crippen LogP contribution is 2.18. The lowest BCUT2D eigenvalue weighted by atomic mass is 10.0. The minimum Gasteiger partial charge on any atom is -1.00 e. The SMILES string of the molecule is CCCCCCCCCCCCCCCCOc1ccc(CNC(=O)c2cccc[n+]2CC)c(C)c1.[I-]. The van der Waals surface area contributed by atoms with Crippen molar-refractivity contribution in [2.45, 2.75) is 124 Å². The minimum atomic E-state index is -0.0463. The number of hydrogen-bond acceptors (Lipinski definition) is 2.